The second-order valence-corrected chi connectivity index (χ2v) is 9.78. The zero-order valence-electron chi connectivity index (χ0n) is 22.2. The van der Waals surface area contributed by atoms with Crippen molar-refractivity contribution in [2.24, 2.45) is 11.5 Å². The van der Waals surface area contributed by atoms with E-state index in [9.17, 15) is 24.0 Å². The van der Waals surface area contributed by atoms with Crippen LogP contribution in [-0.2, 0) is 4.74 Å². The van der Waals surface area contributed by atoms with Gasteiger partial charge in [0.05, 0.1) is 0 Å². The highest BCUT2D eigenvalue weighted by atomic mass is 16.6. The number of carbonyl (C=O) groups is 5. The lowest BCUT2D eigenvalue weighted by atomic mass is 10.2. The zero-order valence-corrected chi connectivity index (χ0v) is 22.2. The number of hydrogen-bond donors (Lipinski definition) is 3. The first kappa shape index (κ1) is 29.1. The van der Waals surface area contributed by atoms with Gasteiger partial charge < -0.3 is 36.2 Å². The van der Waals surface area contributed by atoms with Crippen LogP contribution in [0.4, 0.5) is 14.4 Å². The van der Waals surface area contributed by atoms with E-state index >= 15 is 0 Å². The monoisotopic (exact) mass is 546 g/mol. The van der Waals surface area contributed by atoms with E-state index in [1.807, 2.05) is 0 Å². The SMILES string of the molecule is CC(C)(C)OC(=O)N1CCN(C(=O)n2ccc(C(N)=O)n2)CC1.NC(=O)c1ccn(C(=O)N2CCNCC2)n1. The molecular weight excluding hydrogens is 512 g/mol. The number of piperazine rings is 2. The Morgan fingerprint density at radius 2 is 1.15 bits per heavy atom. The van der Waals surface area contributed by atoms with Crippen LogP contribution in [0.3, 0.4) is 0 Å². The van der Waals surface area contributed by atoms with Gasteiger partial charge >= 0.3 is 18.2 Å². The molecule has 0 unspecified atom stereocenters. The summed E-state index contributed by atoms with van der Waals surface area (Å²) in [5, 5.41) is 10.8. The summed E-state index contributed by atoms with van der Waals surface area (Å²) in [5.41, 5.74) is 9.75. The number of ether oxygens (including phenoxy) is 1. The van der Waals surface area contributed by atoms with Crippen LogP contribution in [0.1, 0.15) is 41.7 Å². The van der Waals surface area contributed by atoms with Gasteiger partial charge in [-0.2, -0.15) is 19.6 Å². The number of nitrogens with two attached hydrogens (primary N) is 2. The zero-order chi connectivity index (χ0) is 28.7. The molecule has 2 aromatic heterocycles. The number of amides is 5. The second kappa shape index (κ2) is 12.4. The minimum absolute atomic E-state index is 0.0331. The largest absolute Gasteiger partial charge is 0.444 e. The van der Waals surface area contributed by atoms with Crippen molar-refractivity contribution in [3.63, 3.8) is 0 Å². The molecule has 0 bridgehead atoms. The van der Waals surface area contributed by atoms with Crippen LogP contribution in [0.2, 0.25) is 0 Å². The Balaban J connectivity index is 0.000000230. The Bertz CT molecular complexity index is 1200. The molecule has 2 aromatic rings. The predicted octanol–water partition coefficient (Wildman–Crippen LogP) is -0.642. The normalized spacial score (nSPS) is 15.7. The third-order valence-electron chi connectivity index (χ3n) is 5.66. The summed E-state index contributed by atoms with van der Waals surface area (Å²) in [4.78, 5) is 62.8. The van der Waals surface area contributed by atoms with Gasteiger partial charge in [-0.05, 0) is 32.9 Å². The van der Waals surface area contributed by atoms with E-state index in [1.54, 1.807) is 35.5 Å². The van der Waals surface area contributed by atoms with Crippen molar-refractivity contribution in [2.75, 3.05) is 52.4 Å². The molecule has 2 aliphatic heterocycles. The number of hydrogen-bond acceptors (Lipinski definition) is 9. The average Bonchev–Trinajstić information content (AvgIpc) is 3.59. The highest BCUT2D eigenvalue weighted by Crippen LogP contribution is 2.12. The summed E-state index contributed by atoms with van der Waals surface area (Å²) >= 11 is 0. The van der Waals surface area contributed by atoms with Gasteiger partial charge in [0.2, 0.25) is 0 Å². The Morgan fingerprint density at radius 3 is 1.54 bits per heavy atom. The number of nitrogens with one attached hydrogen (secondary N) is 1. The molecule has 4 heterocycles. The summed E-state index contributed by atoms with van der Waals surface area (Å²) < 4.78 is 7.52. The van der Waals surface area contributed by atoms with Gasteiger partial charge in [0.25, 0.3) is 11.8 Å². The maximum absolute atomic E-state index is 12.3. The number of nitrogens with zero attached hydrogens (tertiary/aromatic N) is 7. The lowest BCUT2D eigenvalue weighted by Gasteiger charge is -2.35. The molecule has 0 atom stereocenters. The highest BCUT2D eigenvalue weighted by molar-refractivity contribution is 5.91. The van der Waals surface area contributed by atoms with Crippen molar-refractivity contribution in [1.29, 1.82) is 0 Å². The molecule has 5 N–H and O–H groups in total. The smallest absolute Gasteiger partial charge is 0.410 e. The molecule has 0 aliphatic carbocycles. The minimum atomic E-state index is -0.689. The lowest BCUT2D eigenvalue weighted by molar-refractivity contribution is 0.0169. The fourth-order valence-corrected chi connectivity index (χ4v) is 3.68. The predicted molar refractivity (Wildman–Crippen MR) is 137 cm³/mol. The quantitative estimate of drug-likeness (QED) is 0.437. The van der Waals surface area contributed by atoms with Crippen LogP contribution in [0.25, 0.3) is 0 Å². The van der Waals surface area contributed by atoms with Crippen LogP contribution < -0.4 is 16.8 Å². The average molecular weight is 547 g/mol. The molecule has 0 radical (unpaired) electrons. The van der Waals surface area contributed by atoms with E-state index in [0.717, 1.165) is 22.5 Å². The van der Waals surface area contributed by atoms with Gasteiger partial charge in [0.1, 0.15) is 5.60 Å². The maximum Gasteiger partial charge on any atom is 0.410 e. The fraction of sp³-hybridized carbons (Fsp3) is 0.522. The van der Waals surface area contributed by atoms with Crippen LogP contribution in [0, 0.1) is 0 Å². The molecule has 16 heteroatoms. The van der Waals surface area contributed by atoms with Gasteiger partial charge in [0.15, 0.2) is 11.4 Å². The van der Waals surface area contributed by atoms with E-state index in [4.69, 9.17) is 16.2 Å². The van der Waals surface area contributed by atoms with Gasteiger partial charge in [-0.25, -0.2) is 14.4 Å². The molecule has 0 spiro atoms. The van der Waals surface area contributed by atoms with Crippen molar-refractivity contribution in [1.82, 2.24) is 39.6 Å². The van der Waals surface area contributed by atoms with Crippen molar-refractivity contribution in [3.8, 4) is 0 Å². The van der Waals surface area contributed by atoms with Gasteiger partial charge in [-0.1, -0.05) is 0 Å². The second-order valence-electron chi connectivity index (χ2n) is 9.78. The Labute approximate surface area is 224 Å². The number of primary amides is 2. The van der Waals surface area contributed by atoms with Crippen LogP contribution in [0.5, 0.6) is 0 Å². The third kappa shape index (κ3) is 8.00. The van der Waals surface area contributed by atoms with Crippen LogP contribution >= 0.6 is 0 Å². The highest BCUT2D eigenvalue weighted by Gasteiger charge is 2.28. The first-order valence-electron chi connectivity index (χ1n) is 12.3. The molecular formula is C23H34N10O6. The van der Waals surface area contributed by atoms with Gasteiger partial charge in [-0.3, -0.25) is 9.59 Å². The molecule has 0 saturated carbocycles. The van der Waals surface area contributed by atoms with Crippen molar-refractivity contribution in [3.05, 3.63) is 35.9 Å². The maximum atomic E-state index is 12.3. The van der Waals surface area contributed by atoms with Crippen LogP contribution in [-0.4, -0.2) is 122 Å². The van der Waals surface area contributed by atoms with Crippen LogP contribution in [0.15, 0.2) is 24.5 Å². The number of aromatic nitrogens is 4. The molecule has 39 heavy (non-hydrogen) atoms. The summed E-state index contributed by atoms with van der Waals surface area (Å²) in [6.07, 6.45) is 2.45. The lowest BCUT2D eigenvalue weighted by Crippen LogP contribution is -2.52. The van der Waals surface area contributed by atoms with E-state index < -0.39 is 17.4 Å². The molecule has 0 aromatic carbocycles. The summed E-state index contributed by atoms with van der Waals surface area (Å²) in [5.74, 6) is -1.32. The number of carbonyl (C=O) groups excluding carboxylic acids is 5. The number of rotatable bonds is 2. The van der Waals surface area contributed by atoms with E-state index in [1.165, 1.54) is 24.5 Å². The molecule has 212 valence electrons. The van der Waals surface area contributed by atoms with E-state index in [2.05, 4.69) is 15.5 Å². The minimum Gasteiger partial charge on any atom is -0.444 e. The Morgan fingerprint density at radius 1 is 0.744 bits per heavy atom. The fourth-order valence-electron chi connectivity index (χ4n) is 3.68. The van der Waals surface area contributed by atoms with Gasteiger partial charge in [0, 0.05) is 64.8 Å². The van der Waals surface area contributed by atoms with E-state index in [0.29, 0.717) is 39.3 Å². The molecule has 2 fully saturated rings. The molecule has 16 nitrogen and oxygen atoms in total. The summed E-state index contributed by atoms with van der Waals surface area (Å²) in [6.45, 7) is 9.74. The molecule has 2 saturated heterocycles. The van der Waals surface area contributed by atoms with Crippen molar-refractivity contribution < 1.29 is 28.7 Å². The molecule has 4 rings (SSSR count). The summed E-state index contributed by atoms with van der Waals surface area (Å²) in [6, 6.07) is 2.23. The Hall–Kier alpha value is -4.47. The molecule has 5 amide bonds. The summed E-state index contributed by atoms with van der Waals surface area (Å²) in [7, 11) is 0. The Kier molecular flexibility index (Phi) is 9.24. The first-order chi connectivity index (χ1) is 18.4. The standard InChI is InChI=1S/C14H21N5O4.C9H13N5O2/c1-14(2,3)23-13(22)18-8-6-17(7-9-18)12(21)19-5-4-10(16-19)11(15)20;10-8(15)7-1-4-14(12-7)9(16)13-5-2-11-3-6-13/h4-5H,6-9H2,1-3H3,(H2,15,20);1,4,11H,2-3,5-6H2,(H2,10,15). The van der Waals surface area contributed by atoms with E-state index in [-0.39, 0.29) is 29.5 Å². The van der Waals surface area contributed by atoms with Gasteiger partial charge in [-0.15, -0.1) is 0 Å². The van der Waals surface area contributed by atoms with Crippen molar-refractivity contribution >= 4 is 30.0 Å². The van der Waals surface area contributed by atoms with Crippen molar-refractivity contribution in [2.45, 2.75) is 26.4 Å². The third-order valence-corrected chi connectivity index (χ3v) is 5.66. The topological polar surface area (TPSA) is 204 Å². The molecule has 2 aliphatic rings. The first-order valence-corrected chi connectivity index (χ1v) is 12.3.